The molecule has 142 valence electrons. The highest BCUT2D eigenvalue weighted by atomic mass is 35.5. The van der Waals surface area contributed by atoms with Crippen LogP contribution in [0, 0.1) is 0 Å². The number of imidazole rings is 1. The molecule has 1 fully saturated rings. The number of anilines is 1. The number of benzene rings is 1. The highest BCUT2D eigenvalue weighted by molar-refractivity contribution is 6.30. The standard InChI is InChI=1S/C20H24ClN5O/c1-20(2,3)19-23-17(25-8-7-15(27)11-25)16-18(24-19)26(12-22-16)10-13-5-4-6-14(21)9-13/h4-6,9,12,15,27H,7-8,10-11H2,1-3H3. The van der Waals surface area contributed by atoms with Gasteiger partial charge in [-0.25, -0.2) is 15.0 Å². The SMILES string of the molecule is CC(C)(C)c1nc(N2CCC(O)C2)c2ncn(Cc3cccc(Cl)c3)c2n1. The summed E-state index contributed by atoms with van der Waals surface area (Å²) in [5.41, 5.74) is 2.49. The van der Waals surface area contributed by atoms with Crippen LogP contribution in [0.4, 0.5) is 5.82 Å². The van der Waals surface area contributed by atoms with Gasteiger partial charge in [0.2, 0.25) is 0 Å². The lowest BCUT2D eigenvalue weighted by Gasteiger charge is -2.22. The van der Waals surface area contributed by atoms with Crippen LogP contribution in [0.5, 0.6) is 0 Å². The number of β-amino-alcohol motifs (C(OH)–C–C–N with tert-alkyl or cyclic N) is 1. The molecule has 27 heavy (non-hydrogen) atoms. The van der Waals surface area contributed by atoms with Gasteiger partial charge in [0.1, 0.15) is 5.82 Å². The summed E-state index contributed by atoms with van der Waals surface area (Å²) in [5.74, 6) is 1.59. The molecule has 1 saturated heterocycles. The van der Waals surface area contributed by atoms with Gasteiger partial charge in [-0.1, -0.05) is 44.5 Å². The van der Waals surface area contributed by atoms with Crippen LogP contribution in [-0.4, -0.2) is 43.8 Å². The van der Waals surface area contributed by atoms with Crippen molar-refractivity contribution < 1.29 is 5.11 Å². The summed E-state index contributed by atoms with van der Waals surface area (Å²) >= 11 is 6.13. The van der Waals surface area contributed by atoms with Gasteiger partial charge in [-0.2, -0.15) is 0 Å². The van der Waals surface area contributed by atoms with E-state index in [9.17, 15) is 5.11 Å². The van der Waals surface area contributed by atoms with E-state index in [1.807, 2.05) is 35.2 Å². The molecule has 1 N–H and O–H groups in total. The van der Waals surface area contributed by atoms with Crippen molar-refractivity contribution >= 4 is 28.6 Å². The van der Waals surface area contributed by atoms with Gasteiger partial charge in [0.05, 0.1) is 19.0 Å². The Labute approximate surface area is 163 Å². The smallest absolute Gasteiger partial charge is 0.166 e. The quantitative estimate of drug-likeness (QED) is 0.748. The normalized spacial score (nSPS) is 17.8. The van der Waals surface area contributed by atoms with E-state index in [0.29, 0.717) is 18.1 Å². The average Bonchev–Trinajstić information content (AvgIpc) is 3.20. The van der Waals surface area contributed by atoms with Crippen molar-refractivity contribution in [1.82, 2.24) is 19.5 Å². The van der Waals surface area contributed by atoms with E-state index in [0.717, 1.165) is 41.3 Å². The molecule has 0 spiro atoms. The van der Waals surface area contributed by atoms with Crippen LogP contribution < -0.4 is 4.90 Å². The van der Waals surface area contributed by atoms with Gasteiger partial charge in [-0.15, -0.1) is 0 Å². The summed E-state index contributed by atoms with van der Waals surface area (Å²) in [4.78, 5) is 16.4. The first-order valence-electron chi connectivity index (χ1n) is 9.22. The van der Waals surface area contributed by atoms with Gasteiger partial charge in [0.15, 0.2) is 17.0 Å². The van der Waals surface area contributed by atoms with Crippen molar-refractivity contribution in [2.75, 3.05) is 18.0 Å². The fourth-order valence-electron chi connectivity index (χ4n) is 3.37. The van der Waals surface area contributed by atoms with E-state index in [2.05, 4.69) is 30.7 Å². The van der Waals surface area contributed by atoms with E-state index in [1.165, 1.54) is 0 Å². The lowest BCUT2D eigenvalue weighted by molar-refractivity contribution is 0.198. The molecule has 0 aliphatic carbocycles. The first-order valence-corrected chi connectivity index (χ1v) is 9.60. The molecule has 0 bridgehead atoms. The van der Waals surface area contributed by atoms with E-state index < -0.39 is 0 Å². The van der Waals surface area contributed by atoms with Crippen molar-refractivity contribution in [3.63, 3.8) is 0 Å². The molecule has 1 aromatic carbocycles. The van der Waals surface area contributed by atoms with E-state index in [-0.39, 0.29) is 11.5 Å². The van der Waals surface area contributed by atoms with Gasteiger partial charge in [-0.05, 0) is 24.1 Å². The lowest BCUT2D eigenvalue weighted by atomic mass is 9.96. The molecule has 0 saturated carbocycles. The minimum absolute atomic E-state index is 0.188. The van der Waals surface area contributed by atoms with Gasteiger partial charge >= 0.3 is 0 Å². The summed E-state index contributed by atoms with van der Waals surface area (Å²) < 4.78 is 2.04. The molecule has 6 nitrogen and oxygen atoms in total. The number of hydrogen-bond acceptors (Lipinski definition) is 5. The second-order valence-corrected chi connectivity index (χ2v) is 8.62. The van der Waals surface area contributed by atoms with E-state index >= 15 is 0 Å². The number of hydrogen-bond donors (Lipinski definition) is 1. The molecule has 1 atom stereocenters. The van der Waals surface area contributed by atoms with E-state index in [1.54, 1.807) is 0 Å². The number of aliphatic hydroxyl groups is 1. The Morgan fingerprint density at radius 1 is 1.26 bits per heavy atom. The predicted octanol–water partition coefficient (Wildman–Crippen LogP) is 3.40. The maximum atomic E-state index is 9.97. The number of halogens is 1. The molecule has 1 aliphatic rings. The number of nitrogens with zero attached hydrogens (tertiary/aromatic N) is 5. The largest absolute Gasteiger partial charge is 0.391 e. The Balaban J connectivity index is 1.82. The molecule has 3 heterocycles. The van der Waals surface area contributed by atoms with Gasteiger partial charge in [0, 0.05) is 23.5 Å². The van der Waals surface area contributed by atoms with Crippen LogP contribution >= 0.6 is 11.6 Å². The molecular weight excluding hydrogens is 362 g/mol. The Morgan fingerprint density at radius 3 is 2.74 bits per heavy atom. The third kappa shape index (κ3) is 3.64. The first-order chi connectivity index (χ1) is 12.8. The predicted molar refractivity (Wildman–Crippen MR) is 107 cm³/mol. The van der Waals surface area contributed by atoms with E-state index in [4.69, 9.17) is 21.6 Å². The molecule has 0 radical (unpaired) electrons. The summed E-state index contributed by atoms with van der Waals surface area (Å²) in [7, 11) is 0. The zero-order valence-corrected chi connectivity index (χ0v) is 16.6. The second kappa shape index (κ2) is 6.77. The average molecular weight is 386 g/mol. The Morgan fingerprint density at radius 2 is 2.07 bits per heavy atom. The summed E-state index contributed by atoms with van der Waals surface area (Å²) in [6.45, 7) is 8.31. The van der Waals surface area contributed by atoms with Crippen molar-refractivity contribution in [3.05, 3.63) is 47.0 Å². The zero-order chi connectivity index (χ0) is 19.2. The minimum atomic E-state index is -0.318. The van der Waals surface area contributed by atoms with Crippen LogP contribution in [0.1, 0.15) is 38.6 Å². The Hall–Kier alpha value is -2.18. The van der Waals surface area contributed by atoms with Crippen molar-refractivity contribution in [1.29, 1.82) is 0 Å². The van der Waals surface area contributed by atoms with Crippen LogP contribution in [0.15, 0.2) is 30.6 Å². The summed E-state index contributed by atoms with van der Waals surface area (Å²) in [6, 6.07) is 7.81. The molecular formula is C20H24ClN5O. The number of aliphatic hydroxyl groups excluding tert-OH is 1. The maximum absolute atomic E-state index is 9.97. The minimum Gasteiger partial charge on any atom is -0.391 e. The summed E-state index contributed by atoms with van der Waals surface area (Å²) in [5, 5.41) is 10.7. The number of rotatable bonds is 3. The fourth-order valence-corrected chi connectivity index (χ4v) is 3.58. The maximum Gasteiger partial charge on any atom is 0.166 e. The molecule has 0 amide bonds. The fraction of sp³-hybridized carbons (Fsp3) is 0.450. The topological polar surface area (TPSA) is 67.1 Å². The van der Waals surface area contributed by atoms with Gasteiger partial charge in [-0.3, -0.25) is 0 Å². The third-order valence-electron chi connectivity index (χ3n) is 4.82. The van der Waals surface area contributed by atoms with Crippen molar-refractivity contribution in [3.8, 4) is 0 Å². The molecule has 7 heteroatoms. The van der Waals surface area contributed by atoms with Gasteiger partial charge < -0.3 is 14.6 Å². The monoisotopic (exact) mass is 385 g/mol. The van der Waals surface area contributed by atoms with Crippen LogP contribution in [0.2, 0.25) is 5.02 Å². The van der Waals surface area contributed by atoms with Crippen molar-refractivity contribution in [2.24, 2.45) is 0 Å². The molecule has 4 rings (SSSR count). The first kappa shape index (κ1) is 18.2. The second-order valence-electron chi connectivity index (χ2n) is 8.18. The van der Waals surface area contributed by atoms with Crippen molar-refractivity contribution in [2.45, 2.75) is 45.3 Å². The number of fused-ring (bicyclic) bond motifs is 1. The third-order valence-corrected chi connectivity index (χ3v) is 5.06. The number of aromatic nitrogens is 4. The van der Waals surface area contributed by atoms with Crippen LogP contribution in [0.3, 0.4) is 0 Å². The Bertz CT molecular complexity index is 978. The molecule has 2 aromatic heterocycles. The molecule has 1 aliphatic heterocycles. The highest BCUT2D eigenvalue weighted by Gasteiger charge is 2.28. The summed E-state index contributed by atoms with van der Waals surface area (Å²) in [6.07, 6.45) is 2.24. The Kier molecular flexibility index (Phi) is 4.56. The van der Waals surface area contributed by atoms with Crippen LogP contribution in [-0.2, 0) is 12.0 Å². The zero-order valence-electron chi connectivity index (χ0n) is 15.9. The molecule has 3 aromatic rings. The van der Waals surface area contributed by atoms with Crippen LogP contribution in [0.25, 0.3) is 11.2 Å². The van der Waals surface area contributed by atoms with Gasteiger partial charge in [0.25, 0.3) is 0 Å². The lowest BCUT2D eigenvalue weighted by Crippen LogP contribution is -2.25. The highest BCUT2D eigenvalue weighted by Crippen LogP contribution is 2.30. The molecule has 1 unspecified atom stereocenters.